The highest BCUT2D eigenvalue weighted by atomic mass is 16.5. The van der Waals surface area contributed by atoms with Gasteiger partial charge in [-0.1, -0.05) is 32.9 Å². The quantitative estimate of drug-likeness (QED) is 0.807. The molecule has 1 heterocycles. The van der Waals surface area contributed by atoms with E-state index in [4.69, 9.17) is 4.52 Å². The monoisotopic (exact) mass is 224 g/mol. The molecular weight excluding hydrogens is 200 g/mol. The van der Waals surface area contributed by atoms with Gasteiger partial charge in [-0.3, -0.25) is 0 Å². The molecular formula is C13H24N2O. The maximum Gasteiger partial charge on any atom is 0.141 e. The van der Waals surface area contributed by atoms with E-state index in [0.717, 1.165) is 30.8 Å². The van der Waals surface area contributed by atoms with Crippen LogP contribution in [0.15, 0.2) is 4.52 Å². The number of nitrogens with one attached hydrogen (secondary N) is 1. The van der Waals surface area contributed by atoms with Crippen molar-refractivity contribution in [1.29, 1.82) is 0 Å². The lowest BCUT2D eigenvalue weighted by Crippen LogP contribution is -2.30. The molecule has 0 spiro atoms. The molecule has 0 aromatic carbocycles. The number of nitrogens with zero attached hydrogens (tertiary/aromatic N) is 1. The van der Waals surface area contributed by atoms with Gasteiger partial charge in [0.2, 0.25) is 0 Å². The Balaban J connectivity index is 2.67. The Morgan fingerprint density at radius 1 is 1.19 bits per heavy atom. The third kappa shape index (κ3) is 3.08. The Bertz CT molecular complexity index is 296. The van der Waals surface area contributed by atoms with E-state index in [-0.39, 0.29) is 0 Å². The summed E-state index contributed by atoms with van der Waals surface area (Å²) in [5.74, 6) is 1.68. The Labute approximate surface area is 98.6 Å². The average molecular weight is 224 g/mol. The third-order valence-electron chi connectivity index (χ3n) is 3.21. The van der Waals surface area contributed by atoms with E-state index >= 15 is 0 Å². The summed E-state index contributed by atoms with van der Waals surface area (Å²) in [6.45, 7) is 11.8. The standard InChI is InChI=1S/C13H24N2O/c1-6-12-11(13(7-2)16-15-12)8-14-10(5)9(3)4/h9-10,14H,6-8H2,1-5H3. The molecule has 1 rings (SSSR count). The molecule has 1 unspecified atom stereocenters. The van der Waals surface area contributed by atoms with Crippen LogP contribution in [0.1, 0.15) is 51.6 Å². The summed E-state index contributed by atoms with van der Waals surface area (Å²) in [7, 11) is 0. The highest BCUT2D eigenvalue weighted by molar-refractivity contribution is 5.23. The SMILES string of the molecule is CCc1noc(CC)c1CNC(C)C(C)C. The van der Waals surface area contributed by atoms with E-state index in [9.17, 15) is 0 Å². The zero-order chi connectivity index (χ0) is 12.1. The predicted octanol–water partition coefficient (Wildman–Crippen LogP) is 2.93. The van der Waals surface area contributed by atoms with Crippen molar-refractivity contribution in [2.24, 2.45) is 5.92 Å². The van der Waals surface area contributed by atoms with Crippen LogP contribution in [0.4, 0.5) is 0 Å². The van der Waals surface area contributed by atoms with Crippen LogP contribution in [0.5, 0.6) is 0 Å². The lowest BCUT2D eigenvalue weighted by atomic mass is 10.1. The summed E-state index contributed by atoms with van der Waals surface area (Å²) in [4.78, 5) is 0. The molecule has 0 saturated carbocycles. The molecule has 3 nitrogen and oxygen atoms in total. The second-order valence-electron chi connectivity index (χ2n) is 4.65. The summed E-state index contributed by atoms with van der Waals surface area (Å²) in [6, 6.07) is 0.518. The second-order valence-corrected chi connectivity index (χ2v) is 4.65. The van der Waals surface area contributed by atoms with E-state index < -0.39 is 0 Å². The van der Waals surface area contributed by atoms with Crippen molar-refractivity contribution in [1.82, 2.24) is 10.5 Å². The van der Waals surface area contributed by atoms with Gasteiger partial charge in [-0.2, -0.15) is 0 Å². The maximum atomic E-state index is 5.34. The van der Waals surface area contributed by atoms with E-state index in [0.29, 0.717) is 12.0 Å². The minimum Gasteiger partial charge on any atom is -0.361 e. The van der Waals surface area contributed by atoms with E-state index in [1.165, 1.54) is 5.56 Å². The molecule has 1 N–H and O–H groups in total. The fraction of sp³-hybridized carbons (Fsp3) is 0.769. The van der Waals surface area contributed by atoms with Crippen LogP contribution in [0.25, 0.3) is 0 Å². The zero-order valence-electron chi connectivity index (χ0n) is 11.1. The lowest BCUT2D eigenvalue weighted by molar-refractivity contribution is 0.377. The number of aryl methyl sites for hydroxylation is 2. The number of hydrogen-bond acceptors (Lipinski definition) is 3. The molecule has 0 fully saturated rings. The number of rotatable bonds is 6. The van der Waals surface area contributed by atoms with Gasteiger partial charge < -0.3 is 9.84 Å². The Morgan fingerprint density at radius 2 is 1.88 bits per heavy atom. The summed E-state index contributed by atoms with van der Waals surface area (Å²) >= 11 is 0. The fourth-order valence-electron chi connectivity index (χ4n) is 1.64. The minimum absolute atomic E-state index is 0.518. The summed E-state index contributed by atoms with van der Waals surface area (Å²) < 4.78 is 5.34. The van der Waals surface area contributed by atoms with Gasteiger partial charge in [0.05, 0.1) is 5.69 Å². The second kappa shape index (κ2) is 6.04. The molecule has 3 heteroatoms. The minimum atomic E-state index is 0.518. The first-order valence-corrected chi connectivity index (χ1v) is 6.29. The number of hydrogen-bond donors (Lipinski definition) is 1. The highest BCUT2D eigenvalue weighted by Crippen LogP contribution is 2.16. The van der Waals surface area contributed by atoms with Gasteiger partial charge in [-0.15, -0.1) is 0 Å². The molecule has 0 saturated heterocycles. The van der Waals surface area contributed by atoms with Crippen LogP contribution >= 0.6 is 0 Å². The molecule has 0 aliphatic heterocycles. The molecule has 16 heavy (non-hydrogen) atoms. The van der Waals surface area contributed by atoms with Crippen LogP contribution in [0.2, 0.25) is 0 Å². The first-order valence-electron chi connectivity index (χ1n) is 6.29. The van der Waals surface area contributed by atoms with Gasteiger partial charge in [-0.25, -0.2) is 0 Å². The molecule has 1 aromatic heterocycles. The van der Waals surface area contributed by atoms with Crippen molar-refractivity contribution in [3.05, 3.63) is 17.0 Å². The van der Waals surface area contributed by atoms with Crippen molar-refractivity contribution in [2.45, 2.75) is 60.0 Å². The molecule has 0 radical (unpaired) electrons. The van der Waals surface area contributed by atoms with Gasteiger partial charge >= 0.3 is 0 Å². The lowest BCUT2D eigenvalue weighted by Gasteiger charge is -2.17. The van der Waals surface area contributed by atoms with E-state index in [1.54, 1.807) is 0 Å². The van der Waals surface area contributed by atoms with E-state index in [1.807, 2.05) is 0 Å². The Morgan fingerprint density at radius 3 is 2.38 bits per heavy atom. The van der Waals surface area contributed by atoms with Crippen LogP contribution in [-0.4, -0.2) is 11.2 Å². The van der Waals surface area contributed by atoms with Crippen LogP contribution in [0.3, 0.4) is 0 Å². The molecule has 1 atom stereocenters. The van der Waals surface area contributed by atoms with Gasteiger partial charge in [0, 0.05) is 24.6 Å². The zero-order valence-corrected chi connectivity index (χ0v) is 11.1. The van der Waals surface area contributed by atoms with E-state index in [2.05, 4.69) is 45.1 Å². The molecule has 0 amide bonds. The van der Waals surface area contributed by atoms with Crippen molar-refractivity contribution < 1.29 is 4.52 Å². The topological polar surface area (TPSA) is 38.1 Å². The predicted molar refractivity (Wildman–Crippen MR) is 66.4 cm³/mol. The first kappa shape index (κ1) is 13.2. The first-order chi connectivity index (χ1) is 7.60. The fourth-order valence-corrected chi connectivity index (χ4v) is 1.64. The summed E-state index contributed by atoms with van der Waals surface area (Å²) in [5, 5.41) is 7.65. The highest BCUT2D eigenvalue weighted by Gasteiger charge is 2.14. The molecule has 0 bridgehead atoms. The molecule has 92 valence electrons. The van der Waals surface area contributed by atoms with Crippen LogP contribution < -0.4 is 5.32 Å². The van der Waals surface area contributed by atoms with Crippen molar-refractivity contribution in [3.63, 3.8) is 0 Å². The molecule has 0 aliphatic rings. The van der Waals surface area contributed by atoms with Crippen molar-refractivity contribution in [2.75, 3.05) is 0 Å². The summed E-state index contributed by atoms with van der Waals surface area (Å²) in [6.07, 6.45) is 1.86. The third-order valence-corrected chi connectivity index (χ3v) is 3.21. The van der Waals surface area contributed by atoms with Gasteiger partial charge in [0.1, 0.15) is 5.76 Å². The average Bonchev–Trinajstić information content (AvgIpc) is 2.67. The largest absolute Gasteiger partial charge is 0.361 e. The van der Waals surface area contributed by atoms with Crippen LogP contribution in [-0.2, 0) is 19.4 Å². The van der Waals surface area contributed by atoms with Crippen molar-refractivity contribution >= 4 is 0 Å². The van der Waals surface area contributed by atoms with Crippen LogP contribution in [0, 0.1) is 5.92 Å². The Kier molecular flexibility index (Phi) is 5.00. The van der Waals surface area contributed by atoms with Gasteiger partial charge in [0.15, 0.2) is 0 Å². The maximum absolute atomic E-state index is 5.34. The summed E-state index contributed by atoms with van der Waals surface area (Å²) in [5.41, 5.74) is 2.36. The van der Waals surface area contributed by atoms with Gasteiger partial charge in [0.25, 0.3) is 0 Å². The smallest absolute Gasteiger partial charge is 0.141 e. The normalized spacial score (nSPS) is 13.4. The molecule has 1 aromatic rings. The van der Waals surface area contributed by atoms with Crippen molar-refractivity contribution in [3.8, 4) is 0 Å². The number of aromatic nitrogens is 1. The molecule has 0 aliphatic carbocycles. The Hall–Kier alpha value is -0.830. The van der Waals surface area contributed by atoms with Gasteiger partial charge in [-0.05, 0) is 19.3 Å².